The van der Waals surface area contributed by atoms with Crippen LogP contribution in [0.5, 0.6) is 0 Å². The van der Waals surface area contributed by atoms with E-state index in [1.54, 1.807) is 6.92 Å². The highest BCUT2D eigenvalue weighted by Crippen LogP contribution is 2.21. The third-order valence-electron chi connectivity index (χ3n) is 3.47. The van der Waals surface area contributed by atoms with Gasteiger partial charge in [-0.05, 0) is 24.1 Å². The van der Waals surface area contributed by atoms with Crippen molar-refractivity contribution in [1.29, 1.82) is 0 Å². The van der Waals surface area contributed by atoms with Gasteiger partial charge in [-0.25, -0.2) is 9.59 Å². The van der Waals surface area contributed by atoms with Crippen molar-refractivity contribution >= 4 is 41.0 Å². The van der Waals surface area contributed by atoms with Crippen LogP contribution >= 0.6 is 23.2 Å². The molecule has 0 saturated carbocycles. The first-order valence-electron chi connectivity index (χ1n) is 7.29. The normalized spacial score (nSPS) is 12.9. The van der Waals surface area contributed by atoms with Crippen molar-refractivity contribution in [2.24, 2.45) is 5.92 Å². The Morgan fingerprint density at radius 2 is 1.92 bits per heavy atom. The molecular weight excluding hydrogens is 357 g/mol. The average Bonchev–Trinajstić information content (AvgIpc) is 2.56. The summed E-state index contributed by atoms with van der Waals surface area (Å²) < 4.78 is 9.57. The van der Waals surface area contributed by atoms with Crippen LogP contribution in [-0.2, 0) is 19.1 Å². The molecule has 1 aromatic rings. The van der Waals surface area contributed by atoms with Gasteiger partial charge in [-0.15, -0.1) is 0 Å². The summed E-state index contributed by atoms with van der Waals surface area (Å²) in [4.78, 5) is 35.6. The molecule has 1 aromatic carbocycles. The molecule has 0 aliphatic rings. The van der Waals surface area contributed by atoms with Crippen LogP contribution in [-0.4, -0.2) is 37.6 Å². The van der Waals surface area contributed by atoms with E-state index >= 15 is 0 Å². The highest BCUT2D eigenvalue weighted by Gasteiger charge is 2.27. The molecule has 24 heavy (non-hydrogen) atoms. The van der Waals surface area contributed by atoms with E-state index in [2.05, 4.69) is 10.1 Å². The van der Waals surface area contributed by atoms with E-state index in [4.69, 9.17) is 27.9 Å². The Balaban J connectivity index is 2.64. The molecule has 2 atom stereocenters. The molecule has 0 radical (unpaired) electrons. The standard InChI is InChI=1S/C16H19Cl2NO5/c1-4-9(2)14(16(22)23-3)19-13(20)8-24-15(21)11-6-5-10(17)7-12(11)18/h5-7,9,14H,4,8H2,1-3H3,(H,19,20). The topological polar surface area (TPSA) is 81.7 Å². The summed E-state index contributed by atoms with van der Waals surface area (Å²) in [6.07, 6.45) is 0.667. The summed E-state index contributed by atoms with van der Waals surface area (Å²) >= 11 is 11.6. The molecule has 0 fully saturated rings. The molecule has 0 aliphatic carbocycles. The number of esters is 2. The Morgan fingerprint density at radius 3 is 2.46 bits per heavy atom. The second-order valence-corrected chi connectivity index (χ2v) is 6.00. The lowest BCUT2D eigenvalue weighted by atomic mass is 9.99. The van der Waals surface area contributed by atoms with E-state index < -0.39 is 30.5 Å². The lowest BCUT2D eigenvalue weighted by Crippen LogP contribution is -2.47. The minimum Gasteiger partial charge on any atom is -0.467 e. The summed E-state index contributed by atoms with van der Waals surface area (Å²) in [5, 5.41) is 3.01. The van der Waals surface area contributed by atoms with Gasteiger partial charge in [-0.1, -0.05) is 43.5 Å². The molecule has 2 unspecified atom stereocenters. The summed E-state index contributed by atoms with van der Waals surface area (Å²) in [5.74, 6) is -2.04. The number of nitrogens with one attached hydrogen (secondary N) is 1. The van der Waals surface area contributed by atoms with Crippen molar-refractivity contribution in [2.75, 3.05) is 13.7 Å². The molecule has 1 N–H and O–H groups in total. The molecule has 1 rings (SSSR count). The van der Waals surface area contributed by atoms with Crippen molar-refractivity contribution in [2.45, 2.75) is 26.3 Å². The molecule has 0 aromatic heterocycles. The van der Waals surface area contributed by atoms with E-state index in [-0.39, 0.29) is 16.5 Å². The molecular formula is C16H19Cl2NO5. The van der Waals surface area contributed by atoms with Crippen LogP contribution in [0.15, 0.2) is 18.2 Å². The predicted molar refractivity (Wildman–Crippen MR) is 90.1 cm³/mol. The molecule has 0 saturated heterocycles. The molecule has 6 nitrogen and oxygen atoms in total. The number of methoxy groups -OCH3 is 1. The highest BCUT2D eigenvalue weighted by atomic mass is 35.5. The maximum atomic E-state index is 11.9. The van der Waals surface area contributed by atoms with Gasteiger partial charge in [0.25, 0.3) is 5.91 Å². The van der Waals surface area contributed by atoms with Gasteiger partial charge in [0.2, 0.25) is 0 Å². The SMILES string of the molecule is CCC(C)C(NC(=O)COC(=O)c1ccc(Cl)cc1Cl)C(=O)OC. The van der Waals surface area contributed by atoms with Crippen LogP contribution in [0.1, 0.15) is 30.6 Å². The molecule has 0 aliphatic heterocycles. The van der Waals surface area contributed by atoms with Crippen LogP contribution in [0.25, 0.3) is 0 Å². The maximum absolute atomic E-state index is 11.9. The highest BCUT2D eigenvalue weighted by molar-refractivity contribution is 6.36. The second-order valence-electron chi connectivity index (χ2n) is 5.15. The van der Waals surface area contributed by atoms with Gasteiger partial charge in [0.05, 0.1) is 17.7 Å². The fourth-order valence-electron chi connectivity index (χ4n) is 1.88. The first kappa shape index (κ1) is 20.3. The van der Waals surface area contributed by atoms with Gasteiger partial charge >= 0.3 is 11.9 Å². The number of hydrogen-bond acceptors (Lipinski definition) is 5. The molecule has 132 valence electrons. The van der Waals surface area contributed by atoms with Crippen molar-refractivity contribution in [3.8, 4) is 0 Å². The third kappa shape index (κ3) is 5.69. The van der Waals surface area contributed by atoms with Crippen LogP contribution < -0.4 is 5.32 Å². The number of rotatable bonds is 7. The molecule has 8 heteroatoms. The largest absolute Gasteiger partial charge is 0.467 e. The Labute approximate surface area is 150 Å². The Hall–Kier alpha value is -1.79. The number of amides is 1. The van der Waals surface area contributed by atoms with Crippen molar-refractivity contribution in [3.05, 3.63) is 33.8 Å². The number of halogens is 2. The second kappa shape index (κ2) is 9.49. The Bertz CT molecular complexity index is 620. The quantitative estimate of drug-likeness (QED) is 0.740. The zero-order valence-electron chi connectivity index (χ0n) is 13.6. The number of ether oxygens (including phenoxy) is 2. The maximum Gasteiger partial charge on any atom is 0.340 e. The summed E-state index contributed by atoms with van der Waals surface area (Å²) in [6.45, 7) is 3.15. The molecule has 0 bridgehead atoms. The Kier molecular flexibility index (Phi) is 8.01. The fraction of sp³-hybridized carbons (Fsp3) is 0.438. The predicted octanol–water partition coefficient (Wildman–Crippen LogP) is 2.85. The zero-order chi connectivity index (χ0) is 18.3. The van der Waals surface area contributed by atoms with E-state index in [1.165, 1.54) is 25.3 Å². The Morgan fingerprint density at radius 1 is 1.25 bits per heavy atom. The van der Waals surface area contributed by atoms with Gasteiger partial charge in [0.1, 0.15) is 6.04 Å². The number of carbonyl (C=O) groups is 3. The smallest absolute Gasteiger partial charge is 0.340 e. The van der Waals surface area contributed by atoms with Crippen LogP contribution in [0.3, 0.4) is 0 Å². The van der Waals surface area contributed by atoms with E-state index in [0.717, 1.165) is 0 Å². The molecule has 0 heterocycles. The van der Waals surface area contributed by atoms with Gasteiger partial charge in [0.15, 0.2) is 6.61 Å². The minimum absolute atomic E-state index is 0.0975. The summed E-state index contributed by atoms with van der Waals surface area (Å²) in [5.41, 5.74) is 0.0975. The summed E-state index contributed by atoms with van der Waals surface area (Å²) in [7, 11) is 1.24. The van der Waals surface area contributed by atoms with Crippen LogP contribution in [0.2, 0.25) is 10.0 Å². The number of carbonyl (C=O) groups excluding carboxylic acids is 3. The van der Waals surface area contributed by atoms with Gasteiger partial charge in [-0.3, -0.25) is 4.79 Å². The van der Waals surface area contributed by atoms with Gasteiger partial charge in [-0.2, -0.15) is 0 Å². The third-order valence-corrected chi connectivity index (χ3v) is 4.02. The van der Waals surface area contributed by atoms with E-state index in [9.17, 15) is 14.4 Å². The number of benzene rings is 1. The van der Waals surface area contributed by atoms with Crippen LogP contribution in [0.4, 0.5) is 0 Å². The first-order valence-corrected chi connectivity index (χ1v) is 8.05. The van der Waals surface area contributed by atoms with Crippen LogP contribution in [0, 0.1) is 5.92 Å². The van der Waals surface area contributed by atoms with Crippen molar-refractivity contribution in [1.82, 2.24) is 5.32 Å². The van der Waals surface area contributed by atoms with Gasteiger partial charge < -0.3 is 14.8 Å². The van der Waals surface area contributed by atoms with E-state index in [1.807, 2.05) is 6.92 Å². The minimum atomic E-state index is -0.801. The lowest BCUT2D eigenvalue weighted by Gasteiger charge is -2.21. The zero-order valence-corrected chi connectivity index (χ0v) is 15.1. The molecule has 0 spiro atoms. The van der Waals surface area contributed by atoms with Crippen molar-refractivity contribution < 1.29 is 23.9 Å². The fourth-order valence-corrected chi connectivity index (χ4v) is 2.36. The molecule has 1 amide bonds. The lowest BCUT2D eigenvalue weighted by molar-refractivity contribution is -0.147. The average molecular weight is 376 g/mol. The first-order chi connectivity index (χ1) is 11.3. The summed E-state index contributed by atoms with van der Waals surface area (Å²) in [6, 6.07) is 3.49. The van der Waals surface area contributed by atoms with Gasteiger partial charge in [0, 0.05) is 5.02 Å². The van der Waals surface area contributed by atoms with Crippen molar-refractivity contribution in [3.63, 3.8) is 0 Å². The van der Waals surface area contributed by atoms with E-state index in [0.29, 0.717) is 11.4 Å². The monoisotopic (exact) mass is 375 g/mol. The number of hydrogen-bond donors (Lipinski definition) is 1.